The fourth-order valence-corrected chi connectivity index (χ4v) is 7.27. The fraction of sp³-hybridized carbons (Fsp3) is 0.469. The van der Waals surface area contributed by atoms with Gasteiger partial charge in [-0.25, -0.2) is 14.4 Å². The zero-order chi connectivity index (χ0) is 49.6. The molecule has 0 aliphatic carbocycles. The summed E-state index contributed by atoms with van der Waals surface area (Å²) in [4.78, 5) is 109. The number of carbonyl (C=O) groups excluding carboxylic acids is 8. The van der Waals surface area contributed by atoms with Crippen LogP contribution in [0.5, 0.6) is 0 Å². The van der Waals surface area contributed by atoms with Gasteiger partial charge in [0.05, 0.1) is 0 Å². The molecule has 10 N–H and O–H groups in total. The van der Waals surface area contributed by atoms with Crippen molar-refractivity contribution in [2.75, 3.05) is 36.8 Å². The summed E-state index contributed by atoms with van der Waals surface area (Å²) >= 11 is 0. The third-order valence-corrected chi connectivity index (χ3v) is 11.0. The summed E-state index contributed by atoms with van der Waals surface area (Å²) in [6.45, 7) is 0.478. The normalized spacial score (nSPS) is 13.8. The number of likely N-dealkylation sites (tertiary alicyclic amines) is 1. The van der Waals surface area contributed by atoms with E-state index in [4.69, 9.17) is 25.8 Å². The summed E-state index contributed by atoms with van der Waals surface area (Å²) < 4.78 is 10.6. The van der Waals surface area contributed by atoms with Gasteiger partial charge in [-0.2, -0.15) is 5.48 Å². The van der Waals surface area contributed by atoms with Gasteiger partial charge in [0.15, 0.2) is 0 Å². The molecule has 4 rings (SSSR count). The second kappa shape index (κ2) is 31.1. The lowest BCUT2D eigenvalue weighted by atomic mass is 10.1. The molecule has 1 aliphatic heterocycles. The number of nitrogens with one attached hydrogen (secondary N) is 6. The second-order valence-electron chi connectivity index (χ2n) is 16.5. The molecule has 0 spiro atoms. The minimum Gasteiger partial charge on any atom is -0.445 e. The largest absolute Gasteiger partial charge is 0.445 e. The average Bonchev–Trinajstić information content (AvgIpc) is 3.86. The number of anilines is 2. The van der Waals surface area contributed by atoms with Crippen LogP contribution in [0.4, 0.5) is 21.0 Å². The summed E-state index contributed by atoms with van der Waals surface area (Å²) in [5.41, 5.74) is 16.0. The zero-order valence-electron chi connectivity index (χ0n) is 39.0. The van der Waals surface area contributed by atoms with Gasteiger partial charge >= 0.3 is 18.2 Å². The van der Waals surface area contributed by atoms with Crippen molar-refractivity contribution in [2.45, 2.75) is 121 Å². The molecule has 1 saturated heterocycles. The molecular formula is C49H67N9O11. The van der Waals surface area contributed by atoms with Crippen molar-refractivity contribution in [2.24, 2.45) is 11.5 Å². The van der Waals surface area contributed by atoms with E-state index in [9.17, 15) is 38.4 Å². The van der Waals surface area contributed by atoms with Crippen LogP contribution in [0.25, 0.3) is 0 Å². The number of rotatable bonds is 28. The van der Waals surface area contributed by atoms with Crippen LogP contribution >= 0.6 is 0 Å². The van der Waals surface area contributed by atoms with E-state index >= 15 is 0 Å². The zero-order valence-corrected chi connectivity index (χ0v) is 39.0. The summed E-state index contributed by atoms with van der Waals surface area (Å²) in [6, 6.07) is 21.9. The standard InChI is InChI=1S/C49H67N9O11/c50-29-13-11-20-39(55-46(63)40(21-12-14-30-51)56-49(66)68-33-35-16-5-3-6-17-35)45(62)54-38-27-25-36(26-28-38)34-67-48(65)52-32-44(61)58-31-15-22-41(58)47(64)69-57-43(60)24-10-2-1-9-23-42(59)53-37-18-7-4-8-19-37/h3-8,16-19,25-28,39-41H,1-2,9-15,20-24,29-34,50-51H2,(H,52,65)(H,53,59)(H,54,62)(H,55,63)(H,56,66)(H,57,60)/t39-,40-,41-/m0/s1. The van der Waals surface area contributed by atoms with Gasteiger partial charge in [-0.1, -0.05) is 73.5 Å². The number of hydrogen-bond acceptors (Lipinski definition) is 13. The quantitative estimate of drug-likeness (QED) is 0.0284. The molecule has 1 heterocycles. The molecule has 3 atom stereocenters. The van der Waals surface area contributed by atoms with Crippen LogP contribution in [0.1, 0.15) is 101 Å². The molecule has 0 radical (unpaired) electrons. The number of hydroxylamine groups is 1. The lowest BCUT2D eigenvalue weighted by Gasteiger charge is -2.23. The highest BCUT2D eigenvalue weighted by Crippen LogP contribution is 2.19. The predicted molar refractivity (Wildman–Crippen MR) is 256 cm³/mol. The topological polar surface area (TPSA) is 292 Å². The Labute approximate surface area is 402 Å². The monoisotopic (exact) mass is 957 g/mol. The van der Waals surface area contributed by atoms with Gasteiger partial charge in [0.1, 0.15) is 37.9 Å². The Balaban J connectivity index is 1.15. The first-order valence-corrected chi connectivity index (χ1v) is 23.6. The highest BCUT2D eigenvalue weighted by Gasteiger charge is 2.36. The van der Waals surface area contributed by atoms with Crippen molar-refractivity contribution in [3.8, 4) is 0 Å². The Bertz CT molecular complexity index is 2100. The number of amides is 7. The molecule has 20 nitrogen and oxygen atoms in total. The Kier molecular flexibility index (Phi) is 24.6. The van der Waals surface area contributed by atoms with Crippen molar-refractivity contribution in [3.63, 3.8) is 0 Å². The Morgan fingerprint density at radius 1 is 0.594 bits per heavy atom. The number of alkyl carbamates (subject to hydrolysis) is 2. The molecule has 0 saturated carbocycles. The number of hydrogen-bond donors (Lipinski definition) is 8. The fourth-order valence-electron chi connectivity index (χ4n) is 7.27. The molecule has 7 amide bonds. The molecule has 3 aromatic rings. The van der Waals surface area contributed by atoms with E-state index in [2.05, 4.69) is 32.1 Å². The van der Waals surface area contributed by atoms with E-state index in [1.807, 2.05) is 60.7 Å². The van der Waals surface area contributed by atoms with E-state index in [1.165, 1.54) is 4.90 Å². The van der Waals surface area contributed by atoms with Crippen LogP contribution in [0, 0.1) is 0 Å². The predicted octanol–water partition coefficient (Wildman–Crippen LogP) is 4.43. The van der Waals surface area contributed by atoms with Gasteiger partial charge < -0.3 is 57.3 Å². The molecule has 69 heavy (non-hydrogen) atoms. The van der Waals surface area contributed by atoms with Crippen LogP contribution in [-0.4, -0.2) is 96.9 Å². The second-order valence-corrected chi connectivity index (χ2v) is 16.5. The van der Waals surface area contributed by atoms with Crippen LogP contribution in [-0.2, 0) is 56.3 Å². The number of nitrogens with two attached hydrogens (primary N) is 2. The van der Waals surface area contributed by atoms with Gasteiger partial charge in [-0.15, -0.1) is 0 Å². The maximum Gasteiger partial charge on any atom is 0.408 e. The van der Waals surface area contributed by atoms with Gasteiger partial charge in [0, 0.05) is 30.8 Å². The highest BCUT2D eigenvalue weighted by molar-refractivity contribution is 5.98. The van der Waals surface area contributed by atoms with Crippen molar-refractivity contribution in [1.82, 2.24) is 26.3 Å². The molecular weight excluding hydrogens is 891 g/mol. The number of carbonyl (C=O) groups is 8. The smallest absolute Gasteiger partial charge is 0.408 e. The molecule has 0 unspecified atom stereocenters. The Morgan fingerprint density at radius 2 is 1.16 bits per heavy atom. The number of ether oxygens (including phenoxy) is 2. The first-order chi connectivity index (χ1) is 33.4. The lowest BCUT2D eigenvalue weighted by molar-refractivity contribution is -0.164. The minimum atomic E-state index is -0.978. The van der Waals surface area contributed by atoms with E-state index < -0.39 is 66.5 Å². The van der Waals surface area contributed by atoms with Crippen LogP contribution in [0.3, 0.4) is 0 Å². The summed E-state index contributed by atoms with van der Waals surface area (Å²) in [5.74, 6) is -2.92. The maximum absolute atomic E-state index is 13.5. The molecule has 1 aliphatic rings. The van der Waals surface area contributed by atoms with E-state index in [-0.39, 0.29) is 44.9 Å². The molecule has 20 heteroatoms. The maximum atomic E-state index is 13.5. The van der Waals surface area contributed by atoms with Crippen molar-refractivity contribution >= 4 is 59.1 Å². The number of nitrogens with zero attached hydrogens (tertiary/aromatic N) is 1. The molecule has 0 bridgehead atoms. The lowest BCUT2D eigenvalue weighted by Crippen LogP contribution is -2.52. The first-order valence-electron chi connectivity index (χ1n) is 23.6. The van der Waals surface area contributed by atoms with Crippen molar-refractivity contribution < 1.29 is 52.7 Å². The van der Waals surface area contributed by atoms with E-state index in [0.717, 1.165) is 17.7 Å². The molecule has 3 aromatic carbocycles. The number of benzene rings is 3. The third-order valence-electron chi connectivity index (χ3n) is 11.0. The summed E-state index contributed by atoms with van der Waals surface area (Å²) in [6.07, 6.45) is 5.29. The Hall–Kier alpha value is -7.06. The highest BCUT2D eigenvalue weighted by atomic mass is 16.7. The minimum absolute atomic E-state index is 0.0174. The van der Waals surface area contributed by atoms with Crippen LogP contribution < -0.4 is 43.5 Å². The van der Waals surface area contributed by atoms with E-state index in [0.29, 0.717) is 88.5 Å². The van der Waals surface area contributed by atoms with Gasteiger partial charge in [0.25, 0.3) is 5.91 Å². The van der Waals surface area contributed by atoms with Crippen molar-refractivity contribution in [1.29, 1.82) is 0 Å². The van der Waals surface area contributed by atoms with Gasteiger partial charge in [-0.05, 0) is 113 Å². The van der Waals surface area contributed by atoms with Gasteiger partial charge in [-0.3, -0.25) is 24.0 Å². The summed E-state index contributed by atoms with van der Waals surface area (Å²) in [7, 11) is 0. The average molecular weight is 958 g/mol. The molecule has 374 valence electrons. The SMILES string of the molecule is NCCCC[C@H](NC(=O)OCc1ccccc1)C(=O)N[C@@H](CCCCN)C(=O)Nc1ccc(COC(=O)NCC(=O)N2CCC[C@H]2C(=O)ONC(=O)CCCCCCC(=O)Nc2ccccc2)cc1. The van der Waals surface area contributed by atoms with Crippen LogP contribution in [0.15, 0.2) is 84.9 Å². The number of unbranched alkanes of at least 4 members (excludes halogenated alkanes) is 5. The molecule has 1 fully saturated rings. The van der Waals surface area contributed by atoms with Gasteiger partial charge in [0.2, 0.25) is 23.6 Å². The first kappa shape index (κ1) is 54.5. The number of para-hydroxylation sites is 1. The Morgan fingerprint density at radius 3 is 1.80 bits per heavy atom. The summed E-state index contributed by atoms with van der Waals surface area (Å²) in [5, 5.41) is 13.4. The van der Waals surface area contributed by atoms with Crippen molar-refractivity contribution in [3.05, 3.63) is 96.1 Å². The van der Waals surface area contributed by atoms with Crippen LogP contribution in [0.2, 0.25) is 0 Å². The molecule has 0 aromatic heterocycles. The third kappa shape index (κ3) is 21.2. The van der Waals surface area contributed by atoms with E-state index in [1.54, 1.807) is 24.3 Å².